The predicted molar refractivity (Wildman–Crippen MR) is 157 cm³/mol. The number of nitrogens with one attached hydrogen (secondary N) is 2. The fourth-order valence-corrected chi connectivity index (χ4v) is 4.87. The molecule has 0 unspecified atom stereocenters. The molecule has 0 bridgehead atoms. The van der Waals surface area contributed by atoms with Crippen molar-refractivity contribution in [3.63, 3.8) is 0 Å². The first-order valence-electron chi connectivity index (χ1n) is 14.4. The number of nitrogens with zero attached hydrogens (tertiary/aromatic N) is 4. The zero-order chi connectivity index (χ0) is 28.9. The zero-order valence-corrected chi connectivity index (χ0v) is 23.7. The number of unbranched alkanes of at least 4 members (excludes halogenated alkanes) is 1. The minimum atomic E-state index is -1.04. The lowest BCUT2D eigenvalue weighted by Crippen LogP contribution is -2.44. The van der Waals surface area contributed by atoms with Crippen LogP contribution in [0.25, 0.3) is 0 Å². The molecular formula is C31H40N6O4. The van der Waals surface area contributed by atoms with Crippen LogP contribution in [0, 0.1) is 6.92 Å². The largest absolute Gasteiger partial charge is 0.480 e. The zero-order valence-electron chi connectivity index (χ0n) is 23.7. The number of ether oxygens (including phenoxy) is 1. The van der Waals surface area contributed by atoms with E-state index in [-0.39, 0.29) is 12.3 Å². The lowest BCUT2D eigenvalue weighted by atomic mass is 10.1. The first kappa shape index (κ1) is 29.9. The summed E-state index contributed by atoms with van der Waals surface area (Å²) in [5, 5.41) is 15.9. The summed E-state index contributed by atoms with van der Waals surface area (Å²) in [6.07, 6.45) is 7.09. The number of carboxylic acids is 1. The van der Waals surface area contributed by atoms with Gasteiger partial charge < -0.3 is 20.5 Å². The van der Waals surface area contributed by atoms with Crippen molar-refractivity contribution in [1.29, 1.82) is 0 Å². The van der Waals surface area contributed by atoms with Gasteiger partial charge in [0, 0.05) is 37.6 Å². The summed E-state index contributed by atoms with van der Waals surface area (Å²) in [5.41, 5.74) is 3.21. The van der Waals surface area contributed by atoms with E-state index >= 15 is 0 Å². The smallest absolute Gasteiger partial charge is 0.326 e. The molecule has 3 heterocycles. The van der Waals surface area contributed by atoms with Crippen LogP contribution in [0.15, 0.2) is 54.7 Å². The van der Waals surface area contributed by atoms with Crippen LogP contribution in [0.4, 0.5) is 5.82 Å². The number of carboxylic acid groups (broad SMARTS) is 1. The third-order valence-electron chi connectivity index (χ3n) is 7.09. The molecule has 3 aromatic rings. The van der Waals surface area contributed by atoms with E-state index in [0.717, 1.165) is 62.3 Å². The molecule has 1 atom stereocenters. The number of carbonyl (C=O) groups excluding carboxylic acids is 1. The molecule has 1 aromatic carbocycles. The summed E-state index contributed by atoms with van der Waals surface area (Å²) in [7, 11) is 0. The number of fused-ring (bicyclic) bond motifs is 1. The maximum atomic E-state index is 12.5. The Morgan fingerprint density at radius 2 is 1.93 bits per heavy atom. The number of pyridine rings is 1. The Bertz CT molecular complexity index is 1270. The third-order valence-corrected chi connectivity index (χ3v) is 7.09. The fraction of sp³-hybridized carbons (Fsp3) is 0.452. The molecule has 1 aliphatic heterocycles. The molecule has 218 valence electrons. The highest BCUT2D eigenvalue weighted by molar-refractivity contribution is 5.84. The quantitative estimate of drug-likeness (QED) is 0.226. The van der Waals surface area contributed by atoms with E-state index in [2.05, 4.69) is 37.6 Å². The van der Waals surface area contributed by atoms with Crippen molar-refractivity contribution in [1.82, 2.24) is 25.2 Å². The number of hydrogen-bond donors (Lipinski definition) is 3. The molecule has 0 saturated carbocycles. The topological polar surface area (TPSA) is 130 Å². The molecule has 3 N–H and O–H groups in total. The Hall–Kier alpha value is -4.05. The molecule has 1 amide bonds. The Labute approximate surface area is 241 Å². The maximum Gasteiger partial charge on any atom is 0.326 e. The minimum Gasteiger partial charge on any atom is -0.480 e. The van der Waals surface area contributed by atoms with Gasteiger partial charge in [-0.15, -0.1) is 0 Å². The Morgan fingerprint density at radius 3 is 2.73 bits per heavy atom. The Kier molecular flexibility index (Phi) is 11.4. The van der Waals surface area contributed by atoms with Crippen molar-refractivity contribution < 1.29 is 19.4 Å². The van der Waals surface area contributed by atoms with Crippen molar-refractivity contribution >= 4 is 17.7 Å². The summed E-state index contributed by atoms with van der Waals surface area (Å²) in [4.78, 5) is 39.9. The first-order chi connectivity index (χ1) is 20.0. The van der Waals surface area contributed by atoms with Crippen molar-refractivity contribution in [2.75, 3.05) is 38.1 Å². The van der Waals surface area contributed by atoms with Gasteiger partial charge in [0.05, 0.1) is 6.42 Å². The van der Waals surface area contributed by atoms with E-state index in [0.29, 0.717) is 37.8 Å². The number of aliphatic carboxylic acids is 1. The SMILES string of the molecule is Cc1nccc(OCCN(CCCCc2ccc3c(n2)NCCC3)CC[C@H](NC(=O)Cc2ccccc2)C(=O)O)n1. The van der Waals surface area contributed by atoms with Gasteiger partial charge >= 0.3 is 5.97 Å². The molecule has 0 fully saturated rings. The molecule has 41 heavy (non-hydrogen) atoms. The molecule has 0 aliphatic carbocycles. The van der Waals surface area contributed by atoms with Crippen LogP contribution in [-0.4, -0.2) is 75.7 Å². The predicted octanol–water partition coefficient (Wildman–Crippen LogP) is 3.44. The molecule has 0 radical (unpaired) electrons. The highest BCUT2D eigenvalue weighted by atomic mass is 16.5. The van der Waals surface area contributed by atoms with Crippen LogP contribution < -0.4 is 15.4 Å². The van der Waals surface area contributed by atoms with Crippen LogP contribution in [0.2, 0.25) is 0 Å². The second kappa shape index (κ2) is 15.7. The van der Waals surface area contributed by atoms with E-state index in [9.17, 15) is 14.7 Å². The number of hydrogen-bond acceptors (Lipinski definition) is 8. The minimum absolute atomic E-state index is 0.146. The van der Waals surface area contributed by atoms with Gasteiger partial charge in [-0.05, 0) is 69.2 Å². The molecule has 1 aliphatic rings. The molecule has 10 heteroatoms. The lowest BCUT2D eigenvalue weighted by Gasteiger charge is -2.24. The van der Waals surface area contributed by atoms with Crippen LogP contribution in [0.1, 0.15) is 48.3 Å². The highest BCUT2D eigenvalue weighted by Crippen LogP contribution is 2.20. The third kappa shape index (κ3) is 10.1. The van der Waals surface area contributed by atoms with Gasteiger partial charge in [-0.1, -0.05) is 36.4 Å². The standard InChI is InChI=1S/C31H40N6O4/c1-23-32-17-14-29(34-23)41-21-20-37(18-6-5-11-26-13-12-25-10-7-16-33-30(25)35-26)19-15-27(31(39)40)36-28(38)22-24-8-3-2-4-9-24/h2-4,8-9,12-14,17,27H,5-7,10-11,15-16,18-22H2,1H3,(H,33,35)(H,36,38)(H,39,40)/t27-/m0/s1. The summed E-state index contributed by atoms with van der Waals surface area (Å²) >= 11 is 0. The second-order valence-corrected chi connectivity index (χ2v) is 10.3. The second-order valence-electron chi connectivity index (χ2n) is 10.3. The number of anilines is 1. The van der Waals surface area contributed by atoms with Gasteiger partial charge in [0.1, 0.15) is 24.3 Å². The summed E-state index contributed by atoms with van der Waals surface area (Å²) in [6.45, 7) is 5.08. The average Bonchev–Trinajstić information content (AvgIpc) is 2.97. The number of benzene rings is 1. The summed E-state index contributed by atoms with van der Waals surface area (Å²) in [5.74, 6) is 0.833. The maximum absolute atomic E-state index is 12.5. The van der Waals surface area contributed by atoms with Gasteiger partial charge in [-0.25, -0.2) is 14.8 Å². The van der Waals surface area contributed by atoms with E-state index in [1.54, 1.807) is 12.3 Å². The van der Waals surface area contributed by atoms with Crippen LogP contribution in [0.3, 0.4) is 0 Å². The number of aryl methyl sites for hydroxylation is 3. The van der Waals surface area contributed by atoms with Crippen LogP contribution in [0.5, 0.6) is 5.88 Å². The van der Waals surface area contributed by atoms with Gasteiger partial charge in [0.25, 0.3) is 0 Å². The van der Waals surface area contributed by atoms with E-state index < -0.39 is 12.0 Å². The molecule has 2 aromatic heterocycles. The van der Waals surface area contributed by atoms with Crippen molar-refractivity contribution in [3.8, 4) is 5.88 Å². The molecule has 0 spiro atoms. The van der Waals surface area contributed by atoms with E-state index in [1.807, 2.05) is 37.3 Å². The number of aromatic nitrogens is 3. The van der Waals surface area contributed by atoms with Crippen molar-refractivity contribution in [2.45, 2.75) is 57.9 Å². The Balaban J connectivity index is 1.29. The van der Waals surface area contributed by atoms with Gasteiger partial charge in [0.15, 0.2) is 0 Å². The first-order valence-corrected chi connectivity index (χ1v) is 14.4. The summed E-state index contributed by atoms with van der Waals surface area (Å²) in [6, 6.07) is 14.4. The van der Waals surface area contributed by atoms with E-state index in [4.69, 9.17) is 9.72 Å². The monoisotopic (exact) mass is 560 g/mol. The van der Waals surface area contributed by atoms with Crippen molar-refractivity contribution in [2.24, 2.45) is 0 Å². The molecular weight excluding hydrogens is 520 g/mol. The van der Waals surface area contributed by atoms with Gasteiger partial charge in [0.2, 0.25) is 11.8 Å². The normalized spacial score (nSPS) is 13.2. The van der Waals surface area contributed by atoms with E-state index in [1.165, 1.54) is 5.56 Å². The molecule has 10 nitrogen and oxygen atoms in total. The average molecular weight is 561 g/mol. The molecule has 0 saturated heterocycles. The number of amides is 1. The lowest BCUT2D eigenvalue weighted by molar-refractivity contribution is -0.142. The summed E-state index contributed by atoms with van der Waals surface area (Å²) < 4.78 is 5.84. The van der Waals surface area contributed by atoms with Gasteiger partial charge in [-0.2, -0.15) is 4.98 Å². The number of rotatable bonds is 16. The molecule has 4 rings (SSSR count). The van der Waals surface area contributed by atoms with Gasteiger partial charge in [-0.3, -0.25) is 9.69 Å². The number of carbonyl (C=O) groups is 2. The highest BCUT2D eigenvalue weighted by Gasteiger charge is 2.21. The van der Waals surface area contributed by atoms with Crippen LogP contribution in [-0.2, 0) is 28.9 Å². The van der Waals surface area contributed by atoms with Crippen LogP contribution >= 0.6 is 0 Å². The Morgan fingerprint density at radius 1 is 1.07 bits per heavy atom. The van der Waals surface area contributed by atoms with Crippen molar-refractivity contribution in [3.05, 3.63) is 77.4 Å². The fourth-order valence-electron chi connectivity index (χ4n) is 4.87.